The summed E-state index contributed by atoms with van der Waals surface area (Å²) in [5.74, 6) is 0.339. The molecule has 0 atom stereocenters. The lowest BCUT2D eigenvalue weighted by Crippen LogP contribution is -2.13. The molecule has 1 heterocycles. The number of carbonyl (C=O) groups is 1. The molecule has 23 heavy (non-hydrogen) atoms. The number of rotatable bonds is 5. The molecule has 1 aromatic heterocycles. The van der Waals surface area contributed by atoms with Crippen molar-refractivity contribution in [2.24, 2.45) is 0 Å². The fourth-order valence-electron chi connectivity index (χ4n) is 2.03. The van der Waals surface area contributed by atoms with Crippen molar-refractivity contribution in [3.63, 3.8) is 0 Å². The SMILES string of the molecule is Cc1ccc(NC(=O)CSc2nc(-c3ccccc3)cs2)cc1. The highest BCUT2D eigenvalue weighted by Gasteiger charge is 2.08. The summed E-state index contributed by atoms with van der Waals surface area (Å²) < 4.78 is 0.905. The standard InChI is InChI=1S/C18H16N2OS2/c1-13-7-9-15(10-8-13)19-17(21)12-23-18-20-16(11-22-18)14-5-3-2-4-6-14/h2-11H,12H2,1H3,(H,19,21). The van der Waals surface area contributed by atoms with Gasteiger partial charge in [0.1, 0.15) is 0 Å². The van der Waals surface area contributed by atoms with Gasteiger partial charge in [0.2, 0.25) is 5.91 Å². The quantitative estimate of drug-likeness (QED) is 0.675. The molecule has 0 fully saturated rings. The average molecular weight is 340 g/mol. The van der Waals surface area contributed by atoms with Crippen LogP contribution in [0.25, 0.3) is 11.3 Å². The zero-order chi connectivity index (χ0) is 16.1. The highest BCUT2D eigenvalue weighted by molar-refractivity contribution is 8.01. The summed E-state index contributed by atoms with van der Waals surface area (Å²) in [5, 5.41) is 4.92. The van der Waals surface area contributed by atoms with Crippen molar-refractivity contribution in [1.82, 2.24) is 4.98 Å². The zero-order valence-corrected chi connectivity index (χ0v) is 14.3. The summed E-state index contributed by atoms with van der Waals surface area (Å²) in [6.07, 6.45) is 0. The molecule has 0 aliphatic heterocycles. The molecule has 116 valence electrons. The first-order chi connectivity index (χ1) is 11.2. The van der Waals surface area contributed by atoms with Crippen LogP contribution in [0.1, 0.15) is 5.56 Å². The Hall–Kier alpha value is -2.11. The van der Waals surface area contributed by atoms with Crippen LogP contribution in [-0.2, 0) is 4.79 Å². The molecule has 0 saturated carbocycles. The lowest BCUT2D eigenvalue weighted by molar-refractivity contribution is -0.113. The lowest BCUT2D eigenvalue weighted by atomic mass is 10.2. The number of hydrogen-bond acceptors (Lipinski definition) is 4. The van der Waals surface area contributed by atoms with Crippen LogP contribution < -0.4 is 5.32 Å². The maximum atomic E-state index is 12.0. The van der Waals surface area contributed by atoms with Gasteiger partial charge in [-0.05, 0) is 19.1 Å². The first-order valence-electron chi connectivity index (χ1n) is 7.21. The second-order valence-electron chi connectivity index (χ2n) is 5.07. The lowest BCUT2D eigenvalue weighted by Gasteiger charge is -2.04. The van der Waals surface area contributed by atoms with Crippen molar-refractivity contribution in [3.8, 4) is 11.3 Å². The smallest absolute Gasteiger partial charge is 0.234 e. The number of aromatic nitrogens is 1. The van der Waals surface area contributed by atoms with Crippen molar-refractivity contribution in [2.45, 2.75) is 11.3 Å². The van der Waals surface area contributed by atoms with Gasteiger partial charge < -0.3 is 5.32 Å². The van der Waals surface area contributed by atoms with Gasteiger partial charge >= 0.3 is 0 Å². The monoisotopic (exact) mass is 340 g/mol. The van der Waals surface area contributed by atoms with Crippen LogP contribution in [0.15, 0.2) is 64.3 Å². The minimum Gasteiger partial charge on any atom is -0.325 e. The third-order valence-electron chi connectivity index (χ3n) is 3.21. The van der Waals surface area contributed by atoms with Gasteiger partial charge in [0.05, 0.1) is 11.4 Å². The maximum absolute atomic E-state index is 12.0. The Morgan fingerprint density at radius 3 is 2.61 bits per heavy atom. The normalized spacial score (nSPS) is 10.5. The molecule has 0 radical (unpaired) electrons. The number of benzene rings is 2. The molecule has 1 amide bonds. The molecule has 3 nitrogen and oxygen atoms in total. The molecule has 0 saturated heterocycles. The second-order valence-corrected chi connectivity index (χ2v) is 7.15. The summed E-state index contributed by atoms with van der Waals surface area (Å²) >= 11 is 3.03. The van der Waals surface area contributed by atoms with Crippen LogP contribution in [0.4, 0.5) is 5.69 Å². The Morgan fingerprint density at radius 2 is 1.87 bits per heavy atom. The van der Waals surface area contributed by atoms with E-state index in [2.05, 4.69) is 10.3 Å². The van der Waals surface area contributed by atoms with E-state index in [0.717, 1.165) is 21.3 Å². The van der Waals surface area contributed by atoms with Crippen molar-refractivity contribution >= 4 is 34.7 Å². The maximum Gasteiger partial charge on any atom is 0.234 e. The summed E-state index contributed by atoms with van der Waals surface area (Å²) in [4.78, 5) is 16.6. The summed E-state index contributed by atoms with van der Waals surface area (Å²) in [7, 11) is 0. The van der Waals surface area contributed by atoms with E-state index in [-0.39, 0.29) is 5.91 Å². The van der Waals surface area contributed by atoms with Gasteiger partial charge in [0, 0.05) is 16.6 Å². The van der Waals surface area contributed by atoms with Gasteiger partial charge in [-0.3, -0.25) is 4.79 Å². The van der Waals surface area contributed by atoms with E-state index < -0.39 is 0 Å². The van der Waals surface area contributed by atoms with Crippen LogP contribution in [0.3, 0.4) is 0 Å². The predicted molar refractivity (Wildman–Crippen MR) is 98.1 cm³/mol. The van der Waals surface area contributed by atoms with E-state index in [1.807, 2.05) is 66.9 Å². The fraction of sp³-hybridized carbons (Fsp3) is 0.111. The molecule has 3 rings (SSSR count). The molecular formula is C18H16N2OS2. The molecule has 0 aliphatic rings. The second kappa shape index (κ2) is 7.44. The Morgan fingerprint density at radius 1 is 1.13 bits per heavy atom. The van der Waals surface area contributed by atoms with E-state index in [1.54, 1.807) is 11.3 Å². The highest BCUT2D eigenvalue weighted by atomic mass is 32.2. The minimum absolute atomic E-state index is 0.0182. The Labute approximate surface area is 143 Å². The zero-order valence-electron chi connectivity index (χ0n) is 12.7. The summed E-state index contributed by atoms with van der Waals surface area (Å²) in [6, 6.07) is 17.8. The number of nitrogens with zero attached hydrogens (tertiary/aromatic N) is 1. The van der Waals surface area contributed by atoms with Gasteiger partial charge in [0.15, 0.2) is 4.34 Å². The first-order valence-corrected chi connectivity index (χ1v) is 9.07. The summed E-state index contributed by atoms with van der Waals surface area (Å²) in [5.41, 5.74) is 4.05. The number of aryl methyl sites for hydroxylation is 1. The third-order valence-corrected chi connectivity index (χ3v) is 5.24. The molecule has 3 aromatic rings. The van der Waals surface area contributed by atoms with Crippen LogP contribution in [0.5, 0.6) is 0 Å². The molecule has 1 N–H and O–H groups in total. The van der Waals surface area contributed by atoms with E-state index >= 15 is 0 Å². The number of hydrogen-bond donors (Lipinski definition) is 1. The fourth-order valence-corrected chi connectivity index (χ4v) is 3.66. The van der Waals surface area contributed by atoms with E-state index in [4.69, 9.17) is 0 Å². The highest BCUT2D eigenvalue weighted by Crippen LogP contribution is 2.28. The van der Waals surface area contributed by atoms with Gasteiger partial charge in [0.25, 0.3) is 0 Å². The Kier molecular flexibility index (Phi) is 5.10. The number of nitrogens with one attached hydrogen (secondary N) is 1. The Bertz CT molecular complexity index is 782. The third kappa shape index (κ3) is 4.43. The minimum atomic E-state index is -0.0182. The topological polar surface area (TPSA) is 42.0 Å². The number of amides is 1. The largest absolute Gasteiger partial charge is 0.325 e. The van der Waals surface area contributed by atoms with Crippen molar-refractivity contribution in [3.05, 3.63) is 65.5 Å². The van der Waals surface area contributed by atoms with Gasteiger partial charge in [-0.15, -0.1) is 11.3 Å². The van der Waals surface area contributed by atoms with Gasteiger partial charge in [-0.1, -0.05) is 59.8 Å². The van der Waals surface area contributed by atoms with E-state index in [1.165, 1.54) is 17.3 Å². The molecule has 2 aromatic carbocycles. The van der Waals surface area contributed by atoms with Crippen molar-refractivity contribution in [2.75, 3.05) is 11.1 Å². The first kappa shape index (κ1) is 15.8. The van der Waals surface area contributed by atoms with E-state index in [9.17, 15) is 4.79 Å². The molecule has 0 bridgehead atoms. The average Bonchev–Trinajstić information content (AvgIpc) is 3.05. The van der Waals surface area contributed by atoms with Crippen molar-refractivity contribution in [1.29, 1.82) is 0 Å². The van der Waals surface area contributed by atoms with E-state index in [0.29, 0.717) is 5.75 Å². The molecule has 0 aliphatic carbocycles. The van der Waals surface area contributed by atoms with Crippen molar-refractivity contribution < 1.29 is 4.79 Å². The number of thiazole rings is 1. The summed E-state index contributed by atoms with van der Waals surface area (Å²) in [6.45, 7) is 2.02. The van der Waals surface area contributed by atoms with Crippen LogP contribution >= 0.6 is 23.1 Å². The van der Waals surface area contributed by atoms with Crippen LogP contribution in [0.2, 0.25) is 0 Å². The Balaban J connectivity index is 1.55. The predicted octanol–water partition coefficient (Wildman–Crippen LogP) is 4.85. The number of carbonyl (C=O) groups excluding carboxylic acids is 1. The van der Waals surface area contributed by atoms with Gasteiger partial charge in [-0.25, -0.2) is 4.98 Å². The molecule has 5 heteroatoms. The van der Waals surface area contributed by atoms with Crippen LogP contribution in [0, 0.1) is 6.92 Å². The molecule has 0 unspecified atom stereocenters. The number of anilines is 1. The molecular weight excluding hydrogens is 324 g/mol. The number of thioether (sulfide) groups is 1. The van der Waals surface area contributed by atoms with Crippen LogP contribution in [-0.4, -0.2) is 16.6 Å². The van der Waals surface area contributed by atoms with Gasteiger partial charge in [-0.2, -0.15) is 0 Å². The molecule has 0 spiro atoms.